The second-order valence-corrected chi connectivity index (χ2v) is 4.72. The molecule has 0 bridgehead atoms. The van der Waals surface area contributed by atoms with Crippen molar-refractivity contribution < 1.29 is 14.3 Å². The van der Waals surface area contributed by atoms with E-state index in [1.54, 1.807) is 18.2 Å². The number of allylic oxidation sites excluding steroid dienone is 1. The highest BCUT2D eigenvalue weighted by atomic mass is 35.5. The minimum Gasteiger partial charge on any atom is -0.503 e. The molecule has 0 aliphatic rings. The first-order chi connectivity index (χ1) is 9.54. The maximum absolute atomic E-state index is 12.0. The lowest BCUT2D eigenvalue weighted by atomic mass is 9.92. The quantitative estimate of drug-likeness (QED) is 0.472. The summed E-state index contributed by atoms with van der Waals surface area (Å²) in [6, 6.07) is 6.90. The SMILES string of the molecule is CO/C=C(/C#N)CC(C(=O)OC)c1c(Cl)cccc1Cl. The number of methoxy groups -OCH3 is 2. The second-order valence-electron chi connectivity index (χ2n) is 3.91. The van der Waals surface area contributed by atoms with Gasteiger partial charge in [-0.25, -0.2) is 0 Å². The van der Waals surface area contributed by atoms with Crippen LogP contribution in [0.4, 0.5) is 0 Å². The van der Waals surface area contributed by atoms with Crippen molar-refractivity contribution >= 4 is 29.2 Å². The van der Waals surface area contributed by atoms with Crippen LogP contribution in [0.2, 0.25) is 10.0 Å². The maximum atomic E-state index is 12.0. The highest BCUT2D eigenvalue weighted by Gasteiger charge is 2.27. The van der Waals surface area contributed by atoms with E-state index >= 15 is 0 Å². The lowest BCUT2D eigenvalue weighted by Crippen LogP contribution is -2.16. The van der Waals surface area contributed by atoms with Crippen molar-refractivity contribution in [2.45, 2.75) is 12.3 Å². The van der Waals surface area contributed by atoms with E-state index in [0.29, 0.717) is 21.2 Å². The van der Waals surface area contributed by atoms with E-state index in [9.17, 15) is 4.79 Å². The Morgan fingerprint density at radius 2 is 2.00 bits per heavy atom. The van der Waals surface area contributed by atoms with Gasteiger partial charge in [0, 0.05) is 22.0 Å². The highest BCUT2D eigenvalue weighted by molar-refractivity contribution is 6.36. The molecule has 0 amide bonds. The molecule has 0 N–H and O–H groups in total. The summed E-state index contributed by atoms with van der Waals surface area (Å²) in [7, 11) is 2.69. The zero-order valence-corrected chi connectivity index (χ0v) is 12.5. The first kappa shape index (κ1) is 16.4. The summed E-state index contributed by atoms with van der Waals surface area (Å²) >= 11 is 12.2. The average Bonchev–Trinajstić information content (AvgIpc) is 2.44. The van der Waals surface area contributed by atoms with Crippen LogP contribution in [0.1, 0.15) is 17.9 Å². The van der Waals surface area contributed by atoms with Crippen LogP contribution in [0.5, 0.6) is 0 Å². The first-order valence-corrected chi connectivity index (χ1v) is 6.44. The standard InChI is InChI=1S/C14H13Cl2NO3/c1-19-8-9(7-17)6-10(14(18)20-2)13-11(15)4-3-5-12(13)16/h3-5,8,10H,6H2,1-2H3/b9-8+. The van der Waals surface area contributed by atoms with Crippen LogP contribution in [-0.2, 0) is 14.3 Å². The van der Waals surface area contributed by atoms with Gasteiger partial charge in [0.15, 0.2) is 0 Å². The van der Waals surface area contributed by atoms with Crippen LogP contribution < -0.4 is 0 Å². The molecule has 0 saturated carbocycles. The highest BCUT2D eigenvalue weighted by Crippen LogP contribution is 2.35. The Morgan fingerprint density at radius 1 is 1.40 bits per heavy atom. The van der Waals surface area contributed by atoms with Crippen LogP contribution in [0.15, 0.2) is 30.0 Å². The molecular formula is C14H13Cl2NO3. The van der Waals surface area contributed by atoms with Crippen LogP contribution in [0.3, 0.4) is 0 Å². The van der Waals surface area contributed by atoms with Gasteiger partial charge in [-0.1, -0.05) is 29.3 Å². The molecular weight excluding hydrogens is 301 g/mol. The summed E-state index contributed by atoms with van der Waals surface area (Å²) in [5.74, 6) is -1.28. The Balaban J connectivity index is 3.24. The molecule has 0 fully saturated rings. The smallest absolute Gasteiger partial charge is 0.313 e. The molecule has 106 valence electrons. The number of ether oxygens (including phenoxy) is 2. The van der Waals surface area contributed by atoms with E-state index in [4.69, 9.17) is 37.9 Å². The minimum absolute atomic E-state index is 0.0977. The summed E-state index contributed by atoms with van der Waals surface area (Å²) < 4.78 is 9.57. The van der Waals surface area contributed by atoms with Crippen molar-refractivity contribution in [3.05, 3.63) is 45.6 Å². The summed E-state index contributed by atoms with van der Waals surface area (Å²) in [4.78, 5) is 12.0. The summed E-state index contributed by atoms with van der Waals surface area (Å²) in [5.41, 5.74) is 0.735. The maximum Gasteiger partial charge on any atom is 0.313 e. The molecule has 1 aromatic carbocycles. The third-order valence-electron chi connectivity index (χ3n) is 2.66. The number of nitriles is 1. The average molecular weight is 314 g/mol. The third-order valence-corrected chi connectivity index (χ3v) is 3.32. The second kappa shape index (κ2) is 7.78. The fourth-order valence-corrected chi connectivity index (χ4v) is 2.43. The number of rotatable bonds is 5. The van der Waals surface area contributed by atoms with Gasteiger partial charge in [0.1, 0.15) is 0 Å². The molecule has 0 radical (unpaired) electrons. The van der Waals surface area contributed by atoms with Crippen LogP contribution in [0.25, 0.3) is 0 Å². The molecule has 0 saturated heterocycles. The molecule has 1 atom stereocenters. The lowest BCUT2D eigenvalue weighted by molar-refractivity contribution is -0.142. The summed E-state index contributed by atoms with van der Waals surface area (Å²) in [6.07, 6.45) is 1.38. The van der Waals surface area contributed by atoms with E-state index in [1.165, 1.54) is 20.5 Å². The normalized spacial score (nSPS) is 12.4. The lowest BCUT2D eigenvalue weighted by Gasteiger charge is -2.17. The molecule has 4 nitrogen and oxygen atoms in total. The predicted octanol–water partition coefficient (Wildman–Crippen LogP) is 3.69. The first-order valence-electron chi connectivity index (χ1n) is 5.68. The van der Waals surface area contributed by atoms with Gasteiger partial charge >= 0.3 is 5.97 Å². The minimum atomic E-state index is -0.762. The van der Waals surface area contributed by atoms with E-state index in [0.717, 1.165) is 0 Å². The van der Waals surface area contributed by atoms with Crippen molar-refractivity contribution in [3.8, 4) is 6.07 Å². The van der Waals surface area contributed by atoms with Gasteiger partial charge in [-0.15, -0.1) is 0 Å². The largest absolute Gasteiger partial charge is 0.503 e. The molecule has 0 heterocycles. The Bertz CT molecular complexity index is 544. The molecule has 20 heavy (non-hydrogen) atoms. The fourth-order valence-electron chi connectivity index (χ4n) is 1.77. The Hall–Kier alpha value is -1.70. The topological polar surface area (TPSA) is 59.3 Å². The molecule has 1 unspecified atom stereocenters. The molecule has 1 aromatic rings. The number of esters is 1. The molecule has 0 aromatic heterocycles. The number of carbonyl (C=O) groups is 1. The number of halogens is 2. The van der Waals surface area contributed by atoms with Gasteiger partial charge in [-0.2, -0.15) is 5.26 Å². The number of benzene rings is 1. The summed E-state index contributed by atoms with van der Waals surface area (Å²) in [5, 5.41) is 9.73. The van der Waals surface area contributed by atoms with Crippen LogP contribution in [-0.4, -0.2) is 20.2 Å². The van der Waals surface area contributed by atoms with Crippen LogP contribution >= 0.6 is 23.2 Å². The van der Waals surface area contributed by atoms with Gasteiger partial charge in [0.2, 0.25) is 0 Å². The van der Waals surface area contributed by atoms with E-state index < -0.39 is 11.9 Å². The van der Waals surface area contributed by atoms with E-state index in [-0.39, 0.29) is 6.42 Å². The van der Waals surface area contributed by atoms with Crippen molar-refractivity contribution in [3.63, 3.8) is 0 Å². The number of hydrogen-bond donors (Lipinski definition) is 0. The van der Waals surface area contributed by atoms with Gasteiger partial charge in [-0.05, 0) is 12.1 Å². The molecule has 0 aliphatic carbocycles. The third kappa shape index (κ3) is 3.89. The van der Waals surface area contributed by atoms with Gasteiger partial charge < -0.3 is 9.47 Å². The summed E-state index contributed by atoms with van der Waals surface area (Å²) in [6.45, 7) is 0. The molecule has 0 aliphatic heterocycles. The predicted molar refractivity (Wildman–Crippen MR) is 76.5 cm³/mol. The molecule has 1 rings (SSSR count). The number of hydrogen-bond acceptors (Lipinski definition) is 4. The van der Waals surface area contributed by atoms with Crippen molar-refractivity contribution in [1.82, 2.24) is 0 Å². The van der Waals surface area contributed by atoms with Crippen molar-refractivity contribution in [2.24, 2.45) is 0 Å². The number of carbonyl (C=O) groups excluding carboxylic acids is 1. The number of nitrogens with zero attached hydrogens (tertiary/aromatic N) is 1. The van der Waals surface area contributed by atoms with Crippen molar-refractivity contribution in [2.75, 3.05) is 14.2 Å². The van der Waals surface area contributed by atoms with Crippen LogP contribution in [0, 0.1) is 11.3 Å². The van der Waals surface area contributed by atoms with Crippen molar-refractivity contribution in [1.29, 1.82) is 5.26 Å². The van der Waals surface area contributed by atoms with Gasteiger partial charge in [0.25, 0.3) is 0 Å². The Morgan fingerprint density at radius 3 is 2.45 bits per heavy atom. The molecule has 6 heteroatoms. The van der Waals surface area contributed by atoms with Gasteiger partial charge in [0.05, 0.1) is 38.0 Å². The van der Waals surface area contributed by atoms with Gasteiger partial charge in [-0.3, -0.25) is 4.79 Å². The molecule has 0 spiro atoms. The zero-order chi connectivity index (χ0) is 15.1. The Labute approximate surface area is 127 Å². The fraction of sp³-hybridized carbons (Fsp3) is 0.286. The zero-order valence-electron chi connectivity index (χ0n) is 11.0. The van der Waals surface area contributed by atoms with E-state index in [1.807, 2.05) is 6.07 Å². The Kier molecular flexibility index (Phi) is 6.37. The monoisotopic (exact) mass is 313 g/mol. The van der Waals surface area contributed by atoms with E-state index in [2.05, 4.69) is 0 Å².